The van der Waals surface area contributed by atoms with Crippen LogP contribution < -0.4 is 5.32 Å². The maximum atomic E-state index is 3.48. The predicted molar refractivity (Wildman–Crippen MR) is 86.2 cm³/mol. The van der Waals surface area contributed by atoms with Crippen molar-refractivity contribution in [2.24, 2.45) is 0 Å². The van der Waals surface area contributed by atoms with E-state index in [9.17, 15) is 0 Å². The van der Waals surface area contributed by atoms with Crippen LogP contribution in [0.5, 0.6) is 0 Å². The molecule has 1 heterocycles. The fourth-order valence-corrected chi connectivity index (χ4v) is 2.58. The lowest BCUT2D eigenvalue weighted by Gasteiger charge is -2.16. The molecule has 1 unspecified atom stereocenters. The number of hydrogen-bond donors (Lipinski definition) is 1. The monoisotopic (exact) mass is 270 g/mol. The van der Waals surface area contributed by atoms with Gasteiger partial charge < -0.3 is 9.88 Å². The lowest BCUT2D eigenvalue weighted by atomic mass is 10.0. The van der Waals surface area contributed by atoms with Gasteiger partial charge >= 0.3 is 0 Å². The summed E-state index contributed by atoms with van der Waals surface area (Å²) in [6.45, 7) is 10.8. The van der Waals surface area contributed by atoms with Gasteiger partial charge in [0.05, 0.1) is 0 Å². The van der Waals surface area contributed by atoms with Gasteiger partial charge in [-0.3, -0.25) is 0 Å². The zero-order valence-corrected chi connectivity index (χ0v) is 13.1. The minimum absolute atomic E-state index is 0.393. The van der Waals surface area contributed by atoms with Gasteiger partial charge in [0.1, 0.15) is 0 Å². The van der Waals surface area contributed by atoms with E-state index in [1.165, 1.54) is 16.8 Å². The van der Waals surface area contributed by atoms with Crippen LogP contribution in [-0.2, 0) is 6.54 Å². The molecule has 0 amide bonds. The largest absolute Gasteiger partial charge is 0.346 e. The summed E-state index contributed by atoms with van der Waals surface area (Å²) in [7, 11) is 0. The van der Waals surface area contributed by atoms with Crippen molar-refractivity contribution < 1.29 is 0 Å². The van der Waals surface area contributed by atoms with E-state index in [0.717, 1.165) is 13.1 Å². The summed E-state index contributed by atoms with van der Waals surface area (Å²) in [5.41, 5.74) is 4.11. The van der Waals surface area contributed by atoms with Crippen molar-refractivity contribution in [2.45, 2.75) is 46.2 Å². The molecule has 20 heavy (non-hydrogen) atoms. The molecule has 1 N–H and O–H groups in total. The van der Waals surface area contributed by atoms with E-state index in [-0.39, 0.29) is 0 Å². The highest BCUT2D eigenvalue weighted by atomic mass is 15.0. The highest BCUT2D eigenvalue weighted by molar-refractivity contribution is 5.25. The van der Waals surface area contributed by atoms with Gasteiger partial charge in [-0.1, -0.05) is 45.0 Å². The van der Waals surface area contributed by atoms with Gasteiger partial charge in [-0.2, -0.15) is 0 Å². The van der Waals surface area contributed by atoms with Crippen molar-refractivity contribution in [3.05, 3.63) is 59.4 Å². The van der Waals surface area contributed by atoms with Crippen LogP contribution in [0.4, 0.5) is 0 Å². The molecule has 2 nitrogen and oxygen atoms in total. The third kappa shape index (κ3) is 3.51. The molecule has 0 aliphatic rings. The highest BCUT2D eigenvalue weighted by Gasteiger charge is 2.09. The Balaban J connectivity index is 2.12. The van der Waals surface area contributed by atoms with Crippen LogP contribution in [-0.4, -0.2) is 11.1 Å². The van der Waals surface area contributed by atoms with Gasteiger partial charge in [0.25, 0.3) is 0 Å². The summed E-state index contributed by atoms with van der Waals surface area (Å²) in [5.74, 6) is 0.597. The average Bonchev–Trinajstić information content (AvgIpc) is 2.88. The molecule has 0 radical (unpaired) electrons. The second kappa shape index (κ2) is 6.76. The molecule has 0 fully saturated rings. The third-order valence-corrected chi connectivity index (χ3v) is 3.82. The van der Waals surface area contributed by atoms with Crippen LogP contribution in [0.15, 0.2) is 42.6 Å². The molecule has 0 saturated heterocycles. The number of rotatable bonds is 6. The van der Waals surface area contributed by atoms with Gasteiger partial charge in [-0.15, -0.1) is 0 Å². The Morgan fingerprint density at radius 2 is 1.75 bits per heavy atom. The molecule has 2 rings (SSSR count). The Labute approximate surface area is 122 Å². The van der Waals surface area contributed by atoms with Crippen molar-refractivity contribution in [1.82, 2.24) is 9.88 Å². The van der Waals surface area contributed by atoms with Crippen LogP contribution in [0.25, 0.3) is 0 Å². The van der Waals surface area contributed by atoms with Gasteiger partial charge in [-0.05, 0) is 42.6 Å². The first-order chi connectivity index (χ1) is 9.61. The van der Waals surface area contributed by atoms with Crippen LogP contribution >= 0.6 is 0 Å². The third-order valence-electron chi connectivity index (χ3n) is 3.82. The quantitative estimate of drug-likeness (QED) is 0.826. The van der Waals surface area contributed by atoms with Crippen LogP contribution in [0.2, 0.25) is 0 Å². The summed E-state index contributed by atoms with van der Waals surface area (Å²) in [4.78, 5) is 0. The molecule has 0 saturated carbocycles. The first-order valence-electron chi connectivity index (χ1n) is 7.59. The summed E-state index contributed by atoms with van der Waals surface area (Å²) in [6, 6.07) is 13.7. The Hall–Kier alpha value is -1.54. The zero-order valence-electron chi connectivity index (χ0n) is 13.1. The fraction of sp³-hybridized carbons (Fsp3) is 0.444. The molecule has 108 valence electrons. The second-order valence-electron chi connectivity index (χ2n) is 5.74. The fourth-order valence-electron chi connectivity index (χ4n) is 2.58. The second-order valence-corrected chi connectivity index (χ2v) is 5.74. The van der Waals surface area contributed by atoms with E-state index in [0.29, 0.717) is 12.0 Å². The molecule has 1 aromatic carbocycles. The Bertz CT molecular complexity index is 523. The Morgan fingerprint density at radius 1 is 1.05 bits per heavy atom. The molecule has 2 heteroatoms. The van der Waals surface area contributed by atoms with E-state index in [4.69, 9.17) is 0 Å². The van der Waals surface area contributed by atoms with E-state index in [2.05, 4.69) is 80.2 Å². The summed E-state index contributed by atoms with van der Waals surface area (Å²) in [6.07, 6.45) is 2.17. The molecule has 2 aromatic rings. The number of nitrogens with zero attached hydrogens (tertiary/aromatic N) is 1. The van der Waals surface area contributed by atoms with Gasteiger partial charge in [0, 0.05) is 24.5 Å². The SMILES string of the molecule is CCNC(C)c1cccn1Cc1ccc(C(C)C)cc1. The van der Waals surface area contributed by atoms with Crippen molar-refractivity contribution in [3.8, 4) is 0 Å². The number of benzene rings is 1. The molecule has 0 bridgehead atoms. The minimum atomic E-state index is 0.393. The Morgan fingerprint density at radius 3 is 2.35 bits per heavy atom. The molecular formula is C18H26N2. The highest BCUT2D eigenvalue weighted by Crippen LogP contribution is 2.18. The van der Waals surface area contributed by atoms with E-state index in [1.807, 2.05) is 0 Å². The van der Waals surface area contributed by atoms with Crippen molar-refractivity contribution in [3.63, 3.8) is 0 Å². The lowest BCUT2D eigenvalue weighted by Crippen LogP contribution is -2.20. The first kappa shape index (κ1) is 14.9. The maximum absolute atomic E-state index is 3.48. The first-order valence-corrected chi connectivity index (χ1v) is 7.59. The van der Waals surface area contributed by atoms with Crippen LogP contribution in [0, 0.1) is 0 Å². The summed E-state index contributed by atoms with van der Waals surface area (Å²) < 4.78 is 2.33. The van der Waals surface area contributed by atoms with Crippen LogP contribution in [0.1, 0.15) is 56.5 Å². The number of hydrogen-bond acceptors (Lipinski definition) is 1. The Kier molecular flexibility index (Phi) is 5.02. The molecule has 1 aromatic heterocycles. The molecule has 1 atom stereocenters. The van der Waals surface area contributed by atoms with Crippen molar-refractivity contribution in [1.29, 1.82) is 0 Å². The van der Waals surface area contributed by atoms with E-state index in [1.54, 1.807) is 0 Å². The zero-order chi connectivity index (χ0) is 14.5. The topological polar surface area (TPSA) is 17.0 Å². The number of nitrogens with one attached hydrogen (secondary N) is 1. The predicted octanol–water partition coefficient (Wildman–Crippen LogP) is 4.33. The van der Waals surface area contributed by atoms with Gasteiger partial charge in [0.2, 0.25) is 0 Å². The van der Waals surface area contributed by atoms with E-state index >= 15 is 0 Å². The summed E-state index contributed by atoms with van der Waals surface area (Å²) >= 11 is 0. The molecule has 0 aliphatic carbocycles. The van der Waals surface area contributed by atoms with Crippen LogP contribution in [0.3, 0.4) is 0 Å². The standard InChI is InChI=1S/C18H26N2/c1-5-19-15(4)18-7-6-12-20(18)13-16-8-10-17(11-9-16)14(2)3/h6-12,14-15,19H,5,13H2,1-4H3. The average molecular weight is 270 g/mol. The van der Waals surface area contributed by atoms with Gasteiger partial charge in [-0.25, -0.2) is 0 Å². The smallest absolute Gasteiger partial charge is 0.0473 e. The van der Waals surface area contributed by atoms with Gasteiger partial charge in [0.15, 0.2) is 0 Å². The van der Waals surface area contributed by atoms with E-state index < -0.39 is 0 Å². The maximum Gasteiger partial charge on any atom is 0.0473 e. The normalized spacial score (nSPS) is 12.8. The molecular weight excluding hydrogens is 244 g/mol. The number of aromatic nitrogens is 1. The molecule has 0 aliphatic heterocycles. The van der Waals surface area contributed by atoms with Crippen molar-refractivity contribution >= 4 is 0 Å². The minimum Gasteiger partial charge on any atom is -0.346 e. The lowest BCUT2D eigenvalue weighted by molar-refractivity contribution is 0.553. The molecule has 0 spiro atoms. The van der Waals surface area contributed by atoms with Crippen molar-refractivity contribution in [2.75, 3.05) is 6.54 Å². The summed E-state index contributed by atoms with van der Waals surface area (Å²) in [5, 5.41) is 3.48.